The fourth-order valence-electron chi connectivity index (χ4n) is 3.98. The average molecular weight is 367 g/mol. The van der Waals surface area contributed by atoms with Gasteiger partial charge >= 0.3 is 0 Å². The molecule has 3 aliphatic rings. The maximum atomic E-state index is 12.5. The Morgan fingerprint density at radius 3 is 2.69 bits per heavy atom. The van der Waals surface area contributed by atoms with Crippen LogP contribution in [-0.4, -0.2) is 54.6 Å². The quantitative estimate of drug-likeness (QED) is 0.486. The normalized spacial score (nSPS) is 30.4. The SMILES string of the molecule is NC(=O)C1NC(CNC(=O)C2CCC(=O)N(CC3CCCCC3)C2)NO1. The second kappa shape index (κ2) is 8.79. The molecule has 0 bridgehead atoms. The largest absolute Gasteiger partial charge is 0.366 e. The van der Waals surface area contributed by atoms with E-state index in [1.54, 1.807) is 0 Å². The van der Waals surface area contributed by atoms with E-state index in [-0.39, 0.29) is 30.4 Å². The van der Waals surface area contributed by atoms with Crippen LogP contribution < -0.4 is 21.8 Å². The van der Waals surface area contributed by atoms with Gasteiger partial charge in [-0.1, -0.05) is 19.3 Å². The third-order valence-electron chi connectivity index (χ3n) is 5.49. The van der Waals surface area contributed by atoms with Crippen molar-refractivity contribution in [3.8, 4) is 0 Å². The van der Waals surface area contributed by atoms with Gasteiger partial charge in [-0.05, 0) is 25.2 Å². The fraction of sp³-hybridized carbons (Fsp3) is 0.824. The van der Waals surface area contributed by atoms with Gasteiger partial charge in [0.15, 0.2) is 0 Å². The van der Waals surface area contributed by atoms with Crippen LogP contribution in [-0.2, 0) is 19.2 Å². The van der Waals surface area contributed by atoms with E-state index in [0.717, 1.165) is 6.54 Å². The number of hydrogen-bond acceptors (Lipinski definition) is 6. The Bertz CT molecular complexity index is 537. The van der Waals surface area contributed by atoms with E-state index < -0.39 is 12.1 Å². The standard InChI is InChI=1S/C17H29N5O4/c18-15(24)17-20-13(21-26-17)8-19-16(25)12-6-7-14(23)22(10-12)9-11-4-2-1-3-5-11/h11-13,17,20-21H,1-10H2,(H2,18,24)(H,19,25). The van der Waals surface area contributed by atoms with Gasteiger partial charge in [0.1, 0.15) is 6.17 Å². The van der Waals surface area contributed by atoms with Gasteiger partial charge in [0, 0.05) is 26.1 Å². The minimum Gasteiger partial charge on any atom is -0.366 e. The zero-order valence-electron chi connectivity index (χ0n) is 15.0. The molecule has 3 atom stereocenters. The minimum absolute atomic E-state index is 0.0720. The number of hydroxylamine groups is 1. The van der Waals surface area contributed by atoms with Crippen molar-refractivity contribution in [2.24, 2.45) is 17.6 Å². The first kappa shape index (κ1) is 19.1. The van der Waals surface area contributed by atoms with Gasteiger partial charge in [-0.2, -0.15) is 5.48 Å². The van der Waals surface area contributed by atoms with E-state index in [4.69, 9.17) is 10.6 Å². The van der Waals surface area contributed by atoms with Crippen molar-refractivity contribution in [1.82, 2.24) is 21.0 Å². The molecule has 26 heavy (non-hydrogen) atoms. The second-order valence-electron chi connectivity index (χ2n) is 7.52. The summed E-state index contributed by atoms with van der Waals surface area (Å²) in [6, 6.07) is 0. The number of nitrogens with two attached hydrogens (primary N) is 1. The zero-order chi connectivity index (χ0) is 18.5. The predicted octanol–water partition coefficient (Wildman–Crippen LogP) is -0.817. The Kier molecular flexibility index (Phi) is 6.44. The number of hydrogen-bond donors (Lipinski definition) is 4. The van der Waals surface area contributed by atoms with Crippen molar-refractivity contribution in [2.75, 3.05) is 19.6 Å². The monoisotopic (exact) mass is 367 g/mol. The number of carbonyl (C=O) groups is 3. The Balaban J connectivity index is 1.43. The molecule has 1 saturated carbocycles. The maximum Gasteiger partial charge on any atom is 0.263 e. The number of primary amides is 1. The Hall–Kier alpha value is -1.71. The molecule has 1 aliphatic carbocycles. The van der Waals surface area contributed by atoms with Crippen LogP contribution >= 0.6 is 0 Å². The Labute approximate surface area is 153 Å². The van der Waals surface area contributed by atoms with Crippen LogP contribution in [0.15, 0.2) is 0 Å². The van der Waals surface area contributed by atoms with Crippen LogP contribution in [0.25, 0.3) is 0 Å². The highest BCUT2D eigenvalue weighted by Gasteiger charge is 2.33. The lowest BCUT2D eigenvalue weighted by Gasteiger charge is -2.35. The molecule has 3 rings (SSSR count). The number of nitrogens with zero attached hydrogens (tertiary/aromatic N) is 1. The van der Waals surface area contributed by atoms with Gasteiger partial charge in [0.05, 0.1) is 5.92 Å². The molecule has 5 N–H and O–H groups in total. The fourth-order valence-corrected chi connectivity index (χ4v) is 3.98. The molecule has 146 valence electrons. The van der Waals surface area contributed by atoms with E-state index in [1.807, 2.05) is 4.90 Å². The van der Waals surface area contributed by atoms with Crippen LogP contribution in [0, 0.1) is 11.8 Å². The van der Waals surface area contributed by atoms with E-state index in [2.05, 4.69) is 16.1 Å². The van der Waals surface area contributed by atoms with Gasteiger partial charge < -0.3 is 16.0 Å². The first-order valence-electron chi connectivity index (χ1n) is 9.55. The third kappa shape index (κ3) is 4.93. The molecule has 0 aromatic heterocycles. The molecule has 2 aliphatic heterocycles. The first-order chi connectivity index (χ1) is 12.5. The zero-order valence-corrected chi connectivity index (χ0v) is 15.0. The summed E-state index contributed by atoms with van der Waals surface area (Å²) in [5.41, 5.74) is 7.77. The molecule has 3 amide bonds. The predicted molar refractivity (Wildman–Crippen MR) is 93.0 cm³/mol. The molecule has 0 radical (unpaired) electrons. The Morgan fingerprint density at radius 1 is 1.23 bits per heavy atom. The van der Waals surface area contributed by atoms with E-state index in [9.17, 15) is 14.4 Å². The van der Waals surface area contributed by atoms with Crippen molar-refractivity contribution < 1.29 is 19.2 Å². The van der Waals surface area contributed by atoms with Crippen LogP contribution in [0.1, 0.15) is 44.9 Å². The summed E-state index contributed by atoms with van der Waals surface area (Å²) < 4.78 is 0. The van der Waals surface area contributed by atoms with Crippen LogP contribution in [0.4, 0.5) is 0 Å². The molecule has 0 spiro atoms. The molecule has 9 heteroatoms. The molecule has 0 aromatic rings. The summed E-state index contributed by atoms with van der Waals surface area (Å²) in [5.74, 6) is -0.140. The summed E-state index contributed by atoms with van der Waals surface area (Å²) in [5, 5.41) is 5.69. The number of amides is 3. The second-order valence-corrected chi connectivity index (χ2v) is 7.52. The van der Waals surface area contributed by atoms with Crippen LogP contribution in [0.5, 0.6) is 0 Å². The van der Waals surface area contributed by atoms with Crippen molar-refractivity contribution in [1.29, 1.82) is 0 Å². The number of likely N-dealkylation sites (tertiary alicyclic amines) is 1. The summed E-state index contributed by atoms with van der Waals surface area (Å²) in [6.45, 7) is 1.55. The Morgan fingerprint density at radius 2 is 2.00 bits per heavy atom. The van der Waals surface area contributed by atoms with Crippen molar-refractivity contribution in [2.45, 2.75) is 57.3 Å². The van der Waals surface area contributed by atoms with Gasteiger partial charge in [-0.3, -0.25) is 24.5 Å². The van der Waals surface area contributed by atoms with Crippen LogP contribution in [0.3, 0.4) is 0 Å². The first-order valence-corrected chi connectivity index (χ1v) is 9.55. The average Bonchev–Trinajstić information content (AvgIpc) is 3.12. The van der Waals surface area contributed by atoms with Gasteiger partial charge in [0.2, 0.25) is 18.0 Å². The van der Waals surface area contributed by atoms with Crippen molar-refractivity contribution in [3.05, 3.63) is 0 Å². The highest BCUT2D eigenvalue weighted by atomic mass is 16.7. The molecular formula is C17H29N5O4. The number of nitrogens with one attached hydrogen (secondary N) is 3. The molecule has 3 fully saturated rings. The lowest BCUT2D eigenvalue weighted by Crippen LogP contribution is -2.51. The molecule has 2 saturated heterocycles. The van der Waals surface area contributed by atoms with Gasteiger partial charge in [-0.15, -0.1) is 0 Å². The number of carbonyl (C=O) groups excluding carboxylic acids is 3. The van der Waals surface area contributed by atoms with Gasteiger partial charge in [0.25, 0.3) is 5.91 Å². The van der Waals surface area contributed by atoms with Crippen molar-refractivity contribution >= 4 is 17.7 Å². The third-order valence-corrected chi connectivity index (χ3v) is 5.49. The highest BCUT2D eigenvalue weighted by Crippen LogP contribution is 2.27. The molecule has 3 unspecified atom stereocenters. The number of rotatable bonds is 6. The number of piperidine rings is 1. The van der Waals surface area contributed by atoms with Gasteiger partial charge in [-0.25, -0.2) is 0 Å². The molecule has 2 heterocycles. The molecular weight excluding hydrogens is 338 g/mol. The summed E-state index contributed by atoms with van der Waals surface area (Å²) in [7, 11) is 0. The van der Waals surface area contributed by atoms with E-state index in [1.165, 1.54) is 32.1 Å². The molecule has 0 aromatic carbocycles. The highest BCUT2D eigenvalue weighted by molar-refractivity contribution is 5.84. The summed E-state index contributed by atoms with van der Waals surface area (Å²) >= 11 is 0. The molecule has 9 nitrogen and oxygen atoms in total. The minimum atomic E-state index is -0.893. The summed E-state index contributed by atoms with van der Waals surface area (Å²) in [6.07, 6.45) is 5.88. The smallest absolute Gasteiger partial charge is 0.263 e. The summed E-state index contributed by atoms with van der Waals surface area (Å²) in [4.78, 5) is 42.6. The van der Waals surface area contributed by atoms with Crippen LogP contribution in [0.2, 0.25) is 0 Å². The van der Waals surface area contributed by atoms with E-state index in [0.29, 0.717) is 25.3 Å². The van der Waals surface area contributed by atoms with Crippen molar-refractivity contribution in [3.63, 3.8) is 0 Å². The maximum absolute atomic E-state index is 12.5. The topological polar surface area (TPSA) is 126 Å². The lowest BCUT2D eigenvalue weighted by molar-refractivity contribution is -0.139. The van der Waals surface area contributed by atoms with E-state index >= 15 is 0 Å². The lowest BCUT2D eigenvalue weighted by atomic mass is 9.87.